The molecule has 15 heavy (non-hydrogen) atoms. The standard InChI is InChI=1S/C11H18N2S2/c1-14-11(5-3-2-4-6-11)9-13-10-12-7-8-15-10/h7-8H,2-6,9H2,1H3,(H,12,13). The third kappa shape index (κ3) is 2.88. The summed E-state index contributed by atoms with van der Waals surface area (Å²) >= 11 is 3.72. The fourth-order valence-corrected chi connectivity index (χ4v) is 3.64. The summed E-state index contributed by atoms with van der Waals surface area (Å²) < 4.78 is 0.462. The summed E-state index contributed by atoms with van der Waals surface area (Å²) in [4.78, 5) is 4.26. The van der Waals surface area contributed by atoms with Crippen LogP contribution < -0.4 is 5.32 Å². The predicted molar refractivity (Wildman–Crippen MR) is 69.9 cm³/mol. The van der Waals surface area contributed by atoms with Gasteiger partial charge < -0.3 is 5.32 Å². The van der Waals surface area contributed by atoms with Gasteiger partial charge in [0.25, 0.3) is 0 Å². The van der Waals surface area contributed by atoms with Crippen LogP contribution in [-0.2, 0) is 0 Å². The van der Waals surface area contributed by atoms with Crippen molar-refractivity contribution in [3.63, 3.8) is 0 Å². The molecule has 1 heterocycles. The summed E-state index contributed by atoms with van der Waals surface area (Å²) in [6.07, 6.45) is 11.0. The molecular weight excluding hydrogens is 224 g/mol. The normalized spacial score (nSPS) is 20.1. The lowest BCUT2D eigenvalue weighted by molar-refractivity contribution is 0.411. The average Bonchev–Trinajstić information content (AvgIpc) is 2.81. The maximum Gasteiger partial charge on any atom is 0.182 e. The number of nitrogens with one attached hydrogen (secondary N) is 1. The molecule has 1 aromatic rings. The minimum atomic E-state index is 0.462. The van der Waals surface area contributed by atoms with Crippen LogP contribution in [0.15, 0.2) is 11.6 Å². The molecule has 2 rings (SSSR count). The van der Waals surface area contributed by atoms with Crippen molar-refractivity contribution < 1.29 is 0 Å². The Morgan fingerprint density at radius 1 is 1.47 bits per heavy atom. The van der Waals surface area contributed by atoms with Crippen LogP contribution in [0.5, 0.6) is 0 Å². The lowest BCUT2D eigenvalue weighted by atomic mass is 9.88. The van der Waals surface area contributed by atoms with Crippen molar-refractivity contribution in [3.05, 3.63) is 11.6 Å². The smallest absolute Gasteiger partial charge is 0.182 e. The minimum Gasteiger partial charge on any atom is -0.360 e. The Balaban J connectivity index is 1.89. The van der Waals surface area contributed by atoms with E-state index in [9.17, 15) is 0 Å². The maximum absolute atomic E-state index is 4.26. The zero-order chi connectivity index (χ0) is 10.6. The largest absolute Gasteiger partial charge is 0.360 e. The monoisotopic (exact) mass is 242 g/mol. The molecular formula is C11H18N2S2. The first-order chi connectivity index (χ1) is 7.35. The van der Waals surface area contributed by atoms with Crippen LogP contribution in [0.3, 0.4) is 0 Å². The van der Waals surface area contributed by atoms with E-state index in [1.165, 1.54) is 32.1 Å². The summed E-state index contributed by atoms with van der Waals surface area (Å²) in [5.74, 6) is 0. The van der Waals surface area contributed by atoms with Crippen LogP contribution in [0.25, 0.3) is 0 Å². The van der Waals surface area contributed by atoms with Gasteiger partial charge in [-0.1, -0.05) is 19.3 Å². The Morgan fingerprint density at radius 2 is 2.27 bits per heavy atom. The molecule has 0 radical (unpaired) electrons. The van der Waals surface area contributed by atoms with E-state index in [0.29, 0.717) is 4.75 Å². The van der Waals surface area contributed by atoms with Gasteiger partial charge in [0.1, 0.15) is 0 Å². The number of anilines is 1. The molecule has 0 unspecified atom stereocenters. The second kappa shape index (κ2) is 5.21. The van der Waals surface area contributed by atoms with E-state index in [0.717, 1.165) is 11.7 Å². The lowest BCUT2D eigenvalue weighted by Crippen LogP contribution is -2.35. The third-order valence-corrected chi connectivity index (χ3v) is 5.34. The van der Waals surface area contributed by atoms with E-state index in [4.69, 9.17) is 0 Å². The molecule has 0 bridgehead atoms. The third-order valence-electron chi connectivity index (χ3n) is 3.19. The van der Waals surface area contributed by atoms with Crippen molar-refractivity contribution in [2.75, 3.05) is 18.1 Å². The van der Waals surface area contributed by atoms with E-state index >= 15 is 0 Å². The van der Waals surface area contributed by atoms with Crippen LogP contribution in [0.1, 0.15) is 32.1 Å². The average molecular weight is 242 g/mol. The Kier molecular flexibility index (Phi) is 3.92. The van der Waals surface area contributed by atoms with E-state index in [1.807, 2.05) is 23.3 Å². The van der Waals surface area contributed by atoms with Gasteiger partial charge >= 0.3 is 0 Å². The molecule has 1 aromatic heterocycles. The molecule has 0 aromatic carbocycles. The van der Waals surface area contributed by atoms with E-state index in [-0.39, 0.29) is 0 Å². The maximum atomic E-state index is 4.26. The number of thioether (sulfide) groups is 1. The fraction of sp³-hybridized carbons (Fsp3) is 0.727. The summed E-state index contributed by atoms with van der Waals surface area (Å²) in [6, 6.07) is 0. The zero-order valence-corrected chi connectivity index (χ0v) is 10.8. The van der Waals surface area contributed by atoms with Crippen molar-refractivity contribution in [1.29, 1.82) is 0 Å². The first-order valence-corrected chi connectivity index (χ1v) is 7.64. The fourth-order valence-electron chi connectivity index (χ4n) is 2.20. The highest BCUT2D eigenvalue weighted by atomic mass is 32.2. The highest BCUT2D eigenvalue weighted by Crippen LogP contribution is 2.38. The second-order valence-corrected chi connectivity index (χ2v) is 6.31. The zero-order valence-electron chi connectivity index (χ0n) is 9.16. The summed E-state index contributed by atoms with van der Waals surface area (Å²) in [7, 11) is 0. The molecule has 0 aliphatic heterocycles. The van der Waals surface area contributed by atoms with Crippen LogP contribution in [0.4, 0.5) is 5.13 Å². The van der Waals surface area contributed by atoms with Gasteiger partial charge in [0.05, 0.1) is 0 Å². The van der Waals surface area contributed by atoms with E-state index in [2.05, 4.69) is 16.6 Å². The molecule has 0 amide bonds. The first kappa shape index (κ1) is 11.3. The lowest BCUT2D eigenvalue weighted by Gasteiger charge is -2.35. The molecule has 1 aliphatic rings. The topological polar surface area (TPSA) is 24.9 Å². The van der Waals surface area contributed by atoms with Gasteiger partial charge in [-0.15, -0.1) is 11.3 Å². The number of hydrogen-bond donors (Lipinski definition) is 1. The molecule has 1 N–H and O–H groups in total. The van der Waals surface area contributed by atoms with Crippen molar-refractivity contribution >= 4 is 28.2 Å². The van der Waals surface area contributed by atoms with Crippen LogP contribution in [-0.4, -0.2) is 22.5 Å². The number of thiazole rings is 1. The molecule has 4 heteroatoms. The number of nitrogens with zero attached hydrogens (tertiary/aromatic N) is 1. The van der Waals surface area contributed by atoms with Crippen LogP contribution in [0.2, 0.25) is 0 Å². The number of hydrogen-bond acceptors (Lipinski definition) is 4. The molecule has 0 atom stereocenters. The highest BCUT2D eigenvalue weighted by Gasteiger charge is 2.30. The van der Waals surface area contributed by atoms with Gasteiger partial charge in [0, 0.05) is 22.9 Å². The molecule has 2 nitrogen and oxygen atoms in total. The Hall–Kier alpha value is -0.220. The molecule has 0 saturated heterocycles. The van der Waals surface area contributed by atoms with Crippen molar-refractivity contribution in [3.8, 4) is 0 Å². The first-order valence-electron chi connectivity index (χ1n) is 5.53. The number of rotatable bonds is 4. The SMILES string of the molecule is CSC1(CNc2nccs2)CCCCC1. The summed E-state index contributed by atoms with van der Waals surface area (Å²) in [5, 5.41) is 6.56. The molecule has 0 spiro atoms. The second-order valence-electron chi connectivity index (χ2n) is 4.14. The van der Waals surface area contributed by atoms with Gasteiger partial charge in [-0.25, -0.2) is 4.98 Å². The minimum absolute atomic E-state index is 0.462. The molecule has 1 saturated carbocycles. The predicted octanol–water partition coefficient (Wildman–Crippen LogP) is 3.62. The van der Waals surface area contributed by atoms with Crippen molar-refractivity contribution in [1.82, 2.24) is 4.98 Å². The van der Waals surface area contributed by atoms with E-state index < -0.39 is 0 Å². The van der Waals surface area contributed by atoms with Crippen LogP contribution in [0, 0.1) is 0 Å². The van der Waals surface area contributed by atoms with Gasteiger partial charge in [0.15, 0.2) is 5.13 Å². The number of aromatic nitrogens is 1. The van der Waals surface area contributed by atoms with E-state index in [1.54, 1.807) is 11.3 Å². The highest BCUT2D eigenvalue weighted by molar-refractivity contribution is 8.00. The van der Waals surface area contributed by atoms with Gasteiger partial charge in [-0.05, 0) is 19.1 Å². The molecule has 1 aliphatic carbocycles. The van der Waals surface area contributed by atoms with Gasteiger partial charge in [-0.3, -0.25) is 0 Å². The van der Waals surface area contributed by atoms with Gasteiger partial charge in [0.2, 0.25) is 0 Å². The van der Waals surface area contributed by atoms with Crippen molar-refractivity contribution in [2.24, 2.45) is 0 Å². The summed E-state index contributed by atoms with van der Waals surface area (Å²) in [5.41, 5.74) is 0. The Bertz CT molecular complexity index is 279. The van der Waals surface area contributed by atoms with Crippen LogP contribution >= 0.6 is 23.1 Å². The van der Waals surface area contributed by atoms with Crippen molar-refractivity contribution in [2.45, 2.75) is 36.9 Å². The Labute approximate surface area is 99.9 Å². The molecule has 84 valence electrons. The summed E-state index contributed by atoms with van der Waals surface area (Å²) in [6.45, 7) is 1.07. The Morgan fingerprint density at radius 3 is 2.87 bits per heavy atom. The quantitative estimate of drug-likeness (QED) is 0.873. The molecule has 1 fully saturated rings. The van der Waals surface area contributed by atoms with Gasteiger partial charge in [-0.2, -0.15) is 11.8 Å².